The van der Waals surface area contributed by atoms with Crippen LogP contribution in [-0.2, 0) is 19.8 Å². The van der Waals surface area contributed by atoms with Gasteiger partial charge in [0.05, 0.1) is 22.9 Å². The van der Waals surface area contributed by atoms with E-state index in [1.165, 1.54) is 4.90 Å². The van der Waals surface area contributed by atoms with E-state index in [0.29, 0.717) is 17.2 Å². The molecule has 3 aliphatic carbocycles. The lowest BCUT2D eigenvalue weighted by Crippen LogP contribution is -2.54. The van der Waals surface area contributed by atoms with Crippen LogP contribution in [0, 0.1) is 11.8 Å². The van der Waals surface area contributed by atoms with E-state index in [2.05, 4.69) is 0 Å². The van der Waals surface area contributed by atoms with E-state index in [4.69, 9.17) is 9.47 Å². The summed E-state index contributed by atoms with van der Waals surface area (Å²) in [6.45, 7) is 0.104. The predicted molar refractivity (Wildman–Crippen MR) is 114 cm³/mol. The van der Waals surface area contributed by atoms with Crippen LogP contribution in [0.3, 0.4) is 0 Å². The molecule has 3 aromatic rings. The smallest absolute Gasteiger partial charge is 0.239 e. The van der Waals surface area contributed by atoms with Gasteiger partial charge in [-0.2, -0.15) is 0 Å². The zero-order valence-electron chi connectivity index (χ0n) is 16.9. The maximum Gasteiger partial charge on any atom is 0.239 e. The number of fused-ring (bicyclic) bond motifs is 1. The molecule has 6 heteroatoms. The summed E-state index contributed by atoms with van der Waals surface area (Å²) in [4.78, 5) is 41.9. The second kappa shape index (κ2) is 5.85. The number of amides is 2. The van der Waals surface area contributed by atoms with Gasteiger partial charge in [-0.3, -0.25) is 9.59 Å². The Hall–Kier alpha value is -3.93. The van der Waals surface area contributed by atoms with Crippen LogP contribution in [0.5, 0.6) is 11.5 Å². The lowest BCUT2D eigenvalue weighted by molar-refractivity contribution is -0.128. The van der Waals surface area contributed by atoms with Crippen molar-refractivity contribution >= 4 is 23.8 Å². The van der Waals surface area contributed by atoms with Crippen molar-refractivity contribution in [2.75, 3.05) is 11.7 Å². The Labute approximate surface area is 183 Å². The Morgan fingerprint density at radius 3 is 2.19 bits per heavy atom. The number of anilines is 1. The van der Waals surface area contributed by atoms with Crippen LogP contribution in [0.4, 0.5) is 5.69 Å². The molecule has 32 heavy (non-hydrogen) atoms. The third-order valence-corrected chi connectivity index (χ3v) is 7.48. The van der Waals surface area contributed by atoms with E-state index in [9.17, 15) is 14.4 Å². The first-order valence-corrected chi connectivity index (χ1v) is 10.6. The molecule has 3 aromatic carbocycles. The Morgan fingerprint density at radius 1 is 0.844 bits per heavy atom. The van der Waals surface area contributed by atoms with Gasteiger partial charge in [-0.05, 0) is 34.4 Å². The van der Waals surface area contributed by atoms with Crippen molar-refractivity contribution in [1.29, 1.82) is 0 Å². The fraction of sp³-hybridized carbons (Fsp3) is 0.192. The summed E-state index contributed by atoms with van der Waals surface area (Å²) < 4.78 is 10.8. The summed E-state index contributed by atoms with van der Waals surface area (Å²) >= 11 is 0. The molecule has 0 spiro atoms. The van der Waals surface area contributed by atoms with Crippen LogP contribution in [0.2, 0.25) is 0 Å². The van der Waals surface area contributed by atoms with Gasteiger partial charge in [0, 0.05) is 12.0 Å². The van der Waals surface area contributed by atoms with E-state index >= 15 is 0 Å². The highest BCUT2D eigenvalue weighted by atomic mass is 16.7. The Balaban J connectivity index is 1.48. The van der Waals surface area contributed by atoms with Crippen LogP contribution in [0.1, 0.15) is 28.2 Å². The third-order valence-electron chi connectivity index (χ3n) is 7.48. The van der Waals surface area contributed by atoms with Gasteiger partial charge in [-0.1, -0.05) is 48.5 Å². The number of hydrogen-bond acceptors (Lipinski definition) is 5. The molecule has 0 aromatic heterocycles. The van der Waals surface area contributed by atoms with E-state index < -0.39 is 17.3 Å². The van der Waals surface area contributed by atoms with Gasteiger partial charge < -0.3 is 14.3 Å². The van der Waals surface area contributed by atoms with Gasteiger partial charge in [0.25, 0.3) is 0 Å². The number of ether oxygens (including phenoxy) is 2. The Bertz CT molecular complexity index is 1310. The molecule has 0 N–H and O–H groups in total. The van der Waals surface area contributed by atoms with Gasteiger partial charge in [0.1, 0.15) is 6.29 Å². The van der Waals surface area contributed by atoms with Gasteiger partial charge in [0.15, 0.2) is 11.5 Å². The first kappa shape index (κ1) is 17.7. The molecule has 2 bridgehead atoms. The number of rotatable bonds is 2. The molecule has 2 amide bonds. The minimum atomic E-state index is -1.19. The number of hydrogen-bond donors (Lipinski definition) is 0. The molecule has 2 heterocycles. The summed E-state index contributed by atoms with van der Waals surface area (Å²) in [5.74, 6) is -1.24. The highest BCUT2D eigenvalue weighted by Gasteiger charge is 2.68. The van der Waals surface area contributed by atoms with Crippen LogP contribution in [-0.4, -0.2) is 24.9 Å². The zero-order valence-corrected chi connectivity index (χ0v) is 16.9. The van der Waals surface area contributed by atoms with Crippen LogP contribution < -0.4 is 14.4 Å². The van der Waals surface area contributed by atoms with E-state index in [-0.39, 0.29) is 24.5 Å². The molecule has 1 fully saturated rings. The molecule has 0 radical (unpaired) electrons. The van der Waals surface area contributed by atoms with E-state index in [1.807, 2.05) is 48.5 Å². The average Bonchev–Trinajstić information content (AvgIpc) is 3.41. The van der Waals surface area contributed by atoms with Crippen molar-refractivity contribution in [3.05, 3.63) is 89.0 Å². The summed E-state index contributed by atoms with van der Waals surface area (Å²) in [6, 6.07) is 20.5. The van der Waals surface area contributed by atoms with Crippen molar-refractivity contribution in [3.8, 4) is 11.5 Å². The second-order valence-corrected chi connectivity index (χ2v) is 8.69. The van der Waals surface area contributed by atoms with Crippen molar-refractivity contribution < 1.29 is 23.9 Å². The summed E-state index contributed by atoms with van der Waals surface area (Å²) in [6.07, 6.45) is 0.881. The second-order valence-electron chi connectivity index (χ2n) is 8.69. The van der Waals surface area contributed by atoms with Gasteiger partial charge >= 0.3 is 0 Å². The van der Waals surface area contributed by atoms with Crippen LogP contribution >= 0.6 is 0 Å². The summed E-state index contributed by atoms with van der Waals surface area (Å²) in [7, 11) is 0. The quantitative estimate of drug-likeness (QED) is 0.468. The molecule has 2 aliphatic heterocycles. The topological polar surface area (TPSA) is 72.9 Å². The Morgan fingerprint density at radius 2 is 1.50 bits per heavy atom. The molecule has 2 atom stereocenters. The highest BCUT2D eigenvalue weighted by Crippen LogP contribution is 2.63. The third kappa shape index (κ3) is 1.85. The first-order chi connectivity index (χ1) is 15.7. The van der Waals surface area contributed by atoms with E-state index in [0.717, 1.165) is 28.5 Å². The number of imide groups is 1. The predicted octanol–water partition coefficient (Wildman–Crippen LogP) is 3.17. The maximum atomic E-state index is 13.9. The van der Waals surface area contributed by atoms with Crippen LogP contribution in [0.15, 0.2) is 66.7 Å². The maximum absolute atomic E-state index is 13.9. The molecule has 156 valence electrons. The zero-order chi connectivity index (χ0) is 21.6. The van der Waals surface area contributed by atoms with E-state index in [1.54, 1.807) is 18.2 Å². The van der Waals surface area contributed by atoms with Crippen LogP contribution in [0.25, 0.3) is 0 Å². The number of carbonyl (C=O) groups excluding carboxylic acids is 3. The van der Waals surface area contributed by atoms with Crippen molar-refractivity contribution in [2.24, 2.45) is 11.8 Å². The highest BCUT2D eigenvalue weighted by molar-refractivity contribution is 6.25. The number of aldehydes is 1. The molecule has 8 rings (SSSR count). The molecule has 0 saturated carbocycles. The molecule has 5 aliphatic rings. The average molecular weight is 423 g/mol. The molecular formula is C26H17NO5. The summed E-state index contributed by atoms with van der Waals surface area (Å²) in [5.41, 5.74) is 2.81. The largest absolute Gasteiger partial charge is 0.454 e. The summed E-state index contributed by atoms with van der Waals surface area (Å²) in [5, 5.41) is 0. The SMILES string of the molecule is O=CC12c3ccccc3C(c3ccccc31)[C@H]1C(=O)N(c3ccc4c(c3)OCO4)C(=O)[C@@H]12. The normalized spacial score (nSPS) is 28.4. The standard InChI is InChI=1S/C26H17NO5/c28-12-26-17-7-3-1-5-15(17)21(16-6-2-4-8-18(16)26)22-23(26)25(30)27(24(22)29)14-9-10-19-20(11-14)32-13-31-19/h1-12,21-23H,13H2/t21?,22-,23-,26?/m1/s1. The number of nitrogens with zero attached hydrogens (tertiary/aromatic N) is 1. The fourth-order valence-corrected chi connectivity index (χ4v) is 6.31. The fourth-order valence-electron chi connectivity index (χ4n) is 6.31. The monoisotopic (exact) mass is 423 g/mol. The minimum absolute atomic E-state index is 0.104. The lowest BCUT2D eigenvalue weighted by Gasteiger charge is -2.51. The van der Waals surface area contributed by atoms with Gasteiger partial charge in [-0.25, -0.2) is 4.90 Å². The lowest BCUT2D eigenvalue weighted by atomic mass is 9.48. The van der Waals surface area contributed by atoms with Gasteiger partial charge in [-0.15, -0.1) is 0 Å². The molecule has 6 nitrogen and oxygen atoms in total. The first-order valence-electron chi connectivity index (χ1n) is 10.6. The molecular weight excluding hydrogens is 406 g/mol. The van der Waals surface area contributed by atoms with Crippen molar-refractivity contribution in [3.63, 3.8) is 0 Å². The number of benzene rings is 3. The molecule has 0 unspecified atom stereocenters. The minimum Gasteiger partial charge on any atom is -0.454 e. The van der Waals surface area contributed by atoms with Crippen molar-refractivity contribution in [2.45, 2.75) is 11.3 Å². The Kier molecular flexibility index (Phi) is 3.24. The van der Waals surface area contributed by atoms with Gasteiger partial charge in [0.2, 0.25) is 18.6 Å². The number of carbonyl (C=O) groups is 3. The molecule has 1 saturated heterocycles. The van der Waals surface area contributed by atoms with Crippen molar-refractivity contribution in [1.82, 2.24) is 0 Å².